The zero-order valence-corrected chi connectivity index (χ0v) is 7.33. The minimum absolute atomic E-state index is 1.08. The van der Waals surface area contributed by atoms with Crippen LogP contribution in [0.4, 0.5) is 4.79 Å². The van der Waals surface area contributed by atoms with Crippen molar-refractivity contribution in [3.05, 3.63) is 7.11 Å². The third kappa shape index (κ3) is 4.29. The molecular formula is C4H3Cl3NO3. The van der Waals surface area contributed by atoms with Gasteiger partial charge < -0.3 is 4.74 Å². The highest BCUT2D eigenvalue weighted by Gasteiger charge is 2.32. The quantitative estimate of drug-likeness (QED) is 0.627. The smallest absolute Gasteiger partial charge is 0.414 e. The number of rotatable bonds is 0. The number of hydrogen-bond acceptors (Lipinski definition) is 3. The Morgan fingerprint density at radius 1 is 1.36 bits per heavy atom. The van der Waals surface area contributed by atoms with E-state index in [1.165, 1.54) is 0 Å². The summed E-state index contributed by atoms with van der Waals surface area (Å²) in [7, 11) is 2.73. The first kappa shape index (κ1) is 10.8. The number of halogens is 3. The van der Waals surface area contributed by atoms with Gasteiger partial charge in [-0.05, 0) is 0 Å². The van der Waals surface area contributed by atoms with Gasteiger partial charge in [0.1, 0.15) is 7.11 Å². The van der Waals surface area contributed by atoms with Crippen LogP contribution in [0.15, 0.2) is 0 Å². The summed E-state index contributed by atoms with van der Waals surface area (Å²) in [5.41, 5.74) is 0. The second-order valence-corrected chi connectivity index (χ2v) is 3.66. The standard InChI is InChI=1S/C4H3Cl3NO3/c1-11-3(10)8-2(9)4(5,6)7/h1H2,(H,8,9,10). The van der Waals surface area contributed by atoms with Crippen LogP contribution >= 0.6 is 34.8 Å². The van der Waals surface area contributed by atoms with E-state index in [0.29, 0.717) is 0 Å². The van der Waals surface area contributed by atoms with Crippen LogP contribution in [0.25, 0.3) is 0 Å². The van der Waals surface area contributed by atoms with E-state index in [1.54, 1.807) is 5.32 Å². The topological polar surface area (TPSA) is 55.4 Å². The van der Waals surface area contributed by atoms with Gasteiger partial charge in [-0.1, -0.05) is 34.8 Å². The predicted molar refractivity (Wildman–Crippen MR) is 40.3 cm³/mol. The van der Waals surface area contributed by atoms with Crippen LogP contribution in [0.1, 0.15) is 0 Å². The molecule has 0 spiro atoms. The molecular weight excluding hydrogens is 216 g/mol. The Labute approximate surface area is 77.7 Å². The fraction of sp³-hybridized carbons (Fsp3) is 0.250. The highest BCUT2D eigenvalue weighted by Crippen LogP contribution is 2.25. The molecule has 0 fully saturated rings. The Morgan fingerprint density at radius 2 is 1.82 bits per heavy atom. The van der Waals surface area contributed by atoms with Crippen molar-refractivity contribution in [1.82, 2.24) is 5.32 Å². The van der Waals surface area contributed by atoms with E-state index in [1.807, 2.05) is 0 Å². The average molecular weight is 219 g/mol. The maximum Gasteiger partial charge on any atom is 0.414 e. The number of carbonyl (C=O) groups is 2. The number of amides is 2. The van der Waals surface area contributed by atoms with E-state index in [0.717, 1.165) is 0 Å². The molecule has 0 aliphatic rings. The molecule has 0 saturated carbocycles. The molecule has 1 radical (unpaired) electrons. The third-order valence-electron chi connectivity index (χ3n) is 0.604. The minimum Gasteiger partial charge on any atom is -0.446 e. The fourth-order valence-corrected chi connectivity index (χ4v) is 0.341. The monoisotopic (exact) mass is 218 g/mol. The minimum atomic E-state index is -2.17. The van der Waals surface area contributed by atoms with E-state index in [-0.39, 0.29) is 0 Å². The molecule has 1 N–H and O–H groups in total. The lowest BCUT2D eigenvalue weighted by atomic mass is 10.7. The molecule has 2 amide bonds. The van der Waals surface area contributed by atoms with E-state index in [9.17, 15) is 9.59 Å². The molecule has 0 aromatic carbocycles. The number of hydrogen-bond donors (Lipinski definition) is 1. The summed E-state index contributed by atoms with van der Waals surface area (Å²) in [5.74, 6) is -1.09. The van der Waals surface area contributed by atoms with Gasteiger partial charge in [-0.25, -0.2) is 4.79 Å². The average Bonchev–Trinajstić information content (AvgIpc) is 1.85. The molecule has 63 valence electrons. The highest BCUT2D eigenvalue weighted by molar-refractivity contribution is 6.76. The Hall–Kier alpha value is -0.190. The van der Waals surface area contributed by atoms with Crippen molar-refractivity contribution in [3.8, 4) is 0 Å². The molecule has 0 heterocycles. The van der Waals surface area contributed by atoms with Gasteiger partial charge in [0.15, 0.2) is 0 Å². The van der Waals surface area contributed by atoms with Crippen LogP contribution in [0.3, 0.4) is 0 Å². The summed E-state index contributed by atoms with van der Waals surface area (Å²) >= 11 is 15.2. The second kappa shape index (κ2) is 3.99. The molecule has 0 aromatic rings. The number of nitrogens with one attached hydrogen (secondary N) is 1. The summed E-state index contributed by atoms with van der Waals surface area (Å²) in [6, 6.07) is 0. The van der Waals surface area contributed by atoms with Crippen molar-refractivity contribution in [3.63, 3.8) is 0 Å². The Kier molecular flexibility index (Phi) is 3.92. The molecule has 0 saturated heterocycles. The van der Waals surface area contributed by atoms with Gasteiger partial charge in [0.05, 0.1) is 0 Å². The molecule has 11 heavy (non-hydrogen) atoms. The van der Waals surface area contributed by atoms with Crippen molar-refractivity contribution >= 4 is 46.8 Å². The number of carbonyl (C=O) groups excluding carboxylic acids is 2. The molecule has 0 aromatic heterocycles. The van der Waals surface area contributed by atoms with Crippen LogP contribution in [-0.4, -0.2) is 15.8 Å². The summed E-state index contributed by atoms with van der Waals surface area (Å²) in [6.07, 6.45) is -1.08. The number of alkyl carbamates (subject to hydrolysis) is 1. The molecule has 0 aliphatic carbocycles. The molecule has 4 nitrogen and oxygen atoms in total. The largest absolute Gasteiger partial charge is 0.446 e. The van der Waals surface area contributed by atoms with Crippen molar-refractivity contribution in [2.45, 2.75) is 3.79 Å². The predicted octanol–water partition coefficient (Wildman–Crippen LogP) is 1.40. The van der Waals surface area contributed by atoms with E-state index in [4.69, 9.17) is 34.8 Å². The Morgan fingerprint density at radius 3 is 2.09 bits per heavy atom. The van der Waals surface area contributed by atoms with Crippen molar-refractivity contribution in [2.24, 2.45) is 0 Å². The van der Waals surface area contributed by atoms with Gasteiger partial charge in [-0.2, -0.15) is 0 Å². The number of alkyl halides is 3. The second-order valence-electron chi connectivity index (χ2n) is 1.38. The van der Waals surface area contributed by atoms with Gasteiger partial charge in [0.2, 0.25) is 0 Å². The lowest BCUT2D eigenvalue weighted by Crippen LogP contribution is -2.38. The maximum atomic E-state index is 10.6. The van der Waals surface area contributed by atoms with Gasteiger partial charge in [0.25, 0.3) is 9.70 Å². The van der Waals surface area contributed by atoms with Crippen molar-refractivity contribution in [2.75, 3.05) is 0 Å². The normalized spacial score (nSPS) is 10.5. The van der Waals surface area contributed by atoms with Gasteiger partial charge >= 0.3 is 6.09 Å². The zero-order valence-electron chi connectivity index (χ0n) is 5.07. The van der Waals surface area contributed by atoms with Crippen LogP contribution < -0.4 is 5.32 Å². The summed E-state index contributed by atoms with van der Waals surface area (Å²) in [5, 5.41) is 1.61. The van der Waals surface area contributed by atoms with Gasteiger partial charge in [-0.3, -0.25) is 10.1 Å². The van der Waals surface area contributed by atoms with Gasteiger partial charge in [-0.15, -0.1) is 0 Å². The SMILES string of the molecule is [CH2]OC(=O)NC(=O)C(Cl)(Cl)Cl. The van der Waals surface area contributed by atoms with Crippen LogP contribution in [0.2, 0.25) is 0 Å². The highest BCUT2D eigenvalue weighted by atomic mass is 35.6. The maximum absolute atomic E-state index is 10.6. The molecule has 0 rings (SSSR count). The van der Waals surface area contributed by atoms with Crippen LogP contribution in [0, 0.1) is 7.11 Å². The number of imide groups is 1. The summed E-state index contributed by atoms with van der Waals surface area (Å²) < 4.78 is 1.65. The van der Waals surface area contributed by atoms with Crippen LogP contribution in [0.5, 0.6) is 0 Å². The summed E-state index contributed by atoms with van der Waals surface area (Å²) in [4.78, 5) is 20.9. The van der Waals surface area contributed by atoms with E-state index in [2.05, 4.69) is 11.8 Å². The fourth-order valence-electron chi connectivity index (χ4n) is 0.200. The van der Waals surface area contributed by atoms with Crippen LogP contribution in [-0.2, 0) is 9.53 Å². The lowest BCUT2D eigenvalue weighted by molar-refractivity contribution is -0.119. The molecule has 7 heteroatoms. The third-order valence-corrected chi connectivity index (χ3v) is 1.12. The lowest BCUT2D eigenvalue weighted by Gasteiger charge is -2.08. The van der Waals surface area contributed by atoms with Crippen molar-refractivity contribution in [1.29, 1.82) is 0 Å². The van der Waals surface area contributed by atoms with E-state index < -0.39 is 15.8 Å². The van der Waals surface area contributed by atoms with Crippen molar-refractivity contribution < 1.29 is 14.3 Å². The zero-order chi connectivity index (χ0) is 9.07. The Balaban J connectivity index is 3.99. The van der Waals surface area contributed by atoms with Gasteiger partial charge in [0, 0.05) is 0 Å². The molecule has 0 atom stereocenters. The van der Waals surface area contributed by atoms with E-state index >= 15 is 0 Å². The summed E-state index contributed by atoms with van der Waals surface area (Å²) in [6.45, 7) is 0. The first-order valence-electron chi connectivity index (χ1n) is 2.22. The first-order chi connectivity index (χ1) is 4.88. The molecule has 0 aliphatic heterocycles. The molecule has 0 bridgehead atoms. The first-order valence-corrected chi connectivity index (χ1v) is 3.35. The Bertz CT molecular complexity index is 176. The molecule has 0 unspecified atom stereocenters. The number of ether oxygens (including phenoxy) is 1.